The highest BCUT2D eigenvalue weighted by atomic mass is 15.2. The highest BCUT2D eigenvalue weighted by Gasteiger charge is 2.29. The lowest BCUT2D eigenvalue weighted by Gasteiger charge is -2.40. The van der Waals surface area contributed by atoms with Gasteiger partial charge >= 0.3 is 0 Å². The summed E-state index contributed by atoms with van der Waals surface area (Å²) >= 11 is 0. The lowest BCUT2D eigenvalue weighted by molar-refractivity contribution is 0.118. The number of hydrogen-bond acceptors (Lipinski definition) is 1. The molecule has 0 saturated heterocycles. The van der Waals surface area contributed by atoms with E-state index in [4.69, 9.17) is 0 Å². The van der Waals surface area contributed by atoms with Crippen LogP contribution >= 0.6 is 0 Å². The van der Waals surface area contributed by atoms with E-state index >= 15 is 0 Å². The molecule has 0 aromatic carbocycles. The highest BCUT2D eigenvalue weighted by molar-refractivity contribution is 4.97. The molecular formula is C18H37N. The van der Waals surface area contributed by atoms with E-state index in [0.717, 1.165) is 13.1 Å². The van der Waals surface area contributed by atoms with Gasteiger partial charge in [-0.1, -0.05) is 79.2 Å². The van der Waals surface area contributed by atoms with Gasteiger partial charge in [-0.3, -0.25) is 0 Å². The summed E-state index contributed by atoms with van der Waals surface area (Å²) in [5.41, 5.74) is 0.218. The largest absolute Gasteiger partial charge is 0.300 e. The minimum Gasteiger partial charge on any atom is -0.300 e. The number of hydrogen-bond donors (Lipinski definition) is 0. The van der Waals surface area contributed by atoms with Crippen molar-refractivity contribution in [3.63, 3.8) is 0 Å². The van der Waals surface area contributed by atoms with Crippen molar-refractivity contribution in [2.75, 3.05) is 13.1 Å². The Hall–Kier alpha value is -0.300. The second-order valence-electron chi connectivity index (χ2n) is 6.32. The van der Waals surface area contributed by atoms with E-state index in [1.807, 2.05) is 0 Å². The van der Waals surface area contributed by atoms with Gasteiger partial charge in [-0.15, -0.1) is 6.58 Å². The first kappa shape index (κ1) is 18.7. The van der Waals surface area contributed by atoms with Gasteiger partial charge in [0.05, 0.1) is 0 Å². The molecule has 0 bridgehead atoms. The van der Waals surface area contributed by atoms with Gasteiger partial charge in [0.25, 0.3) is 0 Å². The van der Waals surface area contributed by atoms with Gasteiger partial charge in [0.2, 0.25) is 0 Å². The van der Waals surface area contributed by atoms with Crippen LogP contribution in [-0.4, -0.2) is 24.0 Å². The first-order valence-electron chi connectivity index (χ1n) is 8.41. The van der Waals surface area contributed by atoms with Gasteiger partial charge in [-0.25, -0.2) is 0 Å². The van der Waals surface area contributed by atoms with E-state index in [-0.39, 0.29) is 5.41 Å². The Bertz CT molecular complexity index is 216. The van der Waals surface area contributed by atoms with Gasteiger partial charge in [0, 0.05) is 6.04 Å². The molecule has 1 atom stereocenters. The van der Waals surface area contributed by atoms with Gasteiger partial charge in [0.1, 0.15) is 0 Å². The van der Waals surface area contributed by atoms with Crippen LogP contribution in [0.15, 0.2) is 12.7 Å². The topological polar surface area (TPSA) is 3.24 Å². The third-order valence-corrected chi connectivity index (χ3v) is 4.47. The van der Waals surface area contributed by atoms with Crippen molar-refractivity contribution >= 4 is 0 Å². The fraction of sp³-hybridized carbons (Fsp3) is 0.889. The fourth-order valence-electron chi connectivity index (χ4n) is 2.94. The fourth-order valence-corrected chi connectivity index (χ4v) is 2.94. The second-order valence-corrected chi connectivity index (χ2v) is 6.32. The lowest BCUT2D eigenvalue weighted by atomic mass is 9.80. The van der Waals surface area contributed by atoms with E-state index < -0.39 is 0 Å². The minimum absolute atomic E-state index is 0.218. The first-order valence-corrected chi connectivity index (χ1v) is 8.41. The van der Waals surface area contributed by atoms with Crippen LogP contribution in [0.25, 0.3) is 0 Å². The summed E-state index contributed by atoms with van der Waals surface area (Å²) in [6.07, 6.45) is 11.8. The third-order valence-electron chi connectivity index (χ3n) is 4.47. The van der Waals surface area contributed by atoms with Crippen molar-refractivity contribution in [3.05, 3.63) is 12.7 Å². The van der Waals surface area contributed by atoms with Crippen LogP contribution in [0, 0.1) is 5.41 Å². The van der Waals surface area contributed by atoms with Crippen molar-refractivity contribution in [1.29, 1.82) is 0 Å². The van der Waals surface area contributed by atoms with Crippen LogP contribution in [0.1, 0.15) is 79.6 Å². The summed E-state index contributed by atoms with van der Waals surface area (Å²) < 4.78 is 0. The van der Waals surface area contributed by atoms with Crippen molar-refractivity contribution in [2.24, 2.45) is 5.41 Å². The average molecular weight is 268 g/mol. The minimum atomic E-state index is 0.218. The summed E-state index contributed by atoms with van der Waals surface area (Å²) in [6, 6.07) is 0.645. The molecule has 1 unspecified atom stereocenters. The molecule has 1 heteroatoms. The SMILES string of the molecule is C=CC(C)(C)C(CCCCCCCC)N(CC)CC. The molecule has 0 amide bonds. The van der Waals surface area contributed by atoms with Crippen LogP contribution in [0.5, 0.6) is 0 Å². The van der Waals surface area contributed by atoms with Crippen LogP contribution < -0.4 is 0 Å². The number of rotatable bonds is 12. The Morgan fingerprint density at radius 1 is 0.947 bits per heavy atom. The predicted octanol–water partition coefficient (Wildman–Crippen LogP) is 5.66. The molecule has 0 heterocycles. The van der Waals surface area contributed by atoms with Gasteiger partial charge in [-0.2, -0.15) is 0 Å². The predicted molar refractivity (Wildman–Crippen MR) is 88.7 cm³/mol. The van der Waals surface area contributed by atoms with E-state index in [1.165, 1.54) is 44.9 Å². The maximum Gasteiger partial charge on any atom is 0.0181 e. The lowest BCUT2D eigenvalue weighted by Crippen LogP contribution is -2.44. The van der Waals surface area contributed by atoms with E-state index in [0.29, 0.717) is 6.04 Å². The zero-order valence-electron chi connectivity index (χ0n) is 14.2. The summed E-state index contributed by atoms with van der Waals surface area (Å²) in [7, 11) is 0. The Morgan fingerprint density at radius 2 is 1.47 bits per heavy atom. The normalized spacial score (nSPS) is 13.8. The van der Waals surface area contributed by atoms with Gasteiger partial charge in [-0.05, 0) is 24.9 Å². The van der Waals surface area contributed by atoms with Crippen LogP contribution in [0.2, 0.25) is 0 Å². The molecule has 0 aliphatic heterocycles. The second kappa shape index (κ2) is 10.5. The molecule has 0 radical (unpaired) electrons. The molecule has 0 saturated carbocycles. The maximum atomic E-state index is 4.05. The molecule has 0 fully saturated rings. The smallest absolute Gasteiger partial charge is 0.0181 e. The molecule has 114 valence electrons. The quantitative estimate of drug-likeness (QED) is 0.326. The molecule has 0 aromatic rings. The molecule has 19 heavy (non-hydrogen) atoms. The van der Waals surface area contributed by atoms with Gasteiger partial charge < -0.3 is 4.90 Å². The van der Waals surface area contributed by atoms with E-state index in [2.05, 4.69) is 52.2 Å². The summed E-state index contributed by atoms with van der Waals surface area (Å²) in [5.74, 6) is 0. The van der Waals surface area contributed by atoms with Crippen molar-refractivity contribution in [2.45, 2.75) is 85.6 Å². The number of nitrogens with zero attached hydrogens (tertiary/aromatic N) is 1. The molecule has 0 aliphatic rings. The molecule has 1 nitrogen and oxygen atoms in total. The Kier molecular flexibility index (Phi) is 10.3. The molecular weight excluding hydrogens is 230 g/mol. The molecule has 0 rings (SSSR count). The van der Waals surface area contributed by atoms with Crippen molar-refractivity contribution in [1.82, 2.24) is 4.90 Å². The Labute approximate surface area is 122 Å². The zero-order chi connectivity index (χ0) is 14.7. The summed E-state index contributed by atoms with van der Waals surface area (Å²) in [6.45, 7) is 17.8. The highest BCUT2D eigenvalue weighted by Crippen LogP contribution is 2.30. The summed E-state index contributed by atoms with van der Waals surface area (Å²) in [5, 5.41) is 0. The summed E-state index contributed by atoms with van der Waals surface area (Å²) in [4.78, 5) is 2.60. The molecule has 0 aliphatic carbocycles. The Balaban J connectivity index is 4.24. The third kappa shape index (κ3) is 7.15. The molecule has 0 N–H and O–H groups in total. The standard InChI is InChI=1S/C18H37N/c1-7-11-12-13-14-15-16-17(18(5,6)8-2)19(9-3)10-4/h8,17H,2,7,9-16H2,1,3-6H3. The van der Waals surface area contributed by atoms with Crippen molar-refractivity contribution in [3.8, 4) is 0 Å². The monoisotopic (exact) mass is 267 g/mol. The van der Waals surface area contributed by atoms with Crippen LogP contribution in [-0.2, 0) is 0 Å². The zero-order valence-corrected chi connectivity index (χ0v) is 14.2. The Morgan fingerprint density at radius 3 is 1.95 bits per heavy atom. The van der Waals surface area contributed by atoms with Crippen molar-refractivity contribution < 1.29 is 0 Å². The molecule has 0 spiro atoms. The number of unbranched alkanes of at least 4 members (excludes halogenated alkanes) is 5. The van der Waals surface area contributed by atoms with E-state index in [1.54, 1.807) is 0 Å². The van der Waals surface area contributed by atoms with Crippen LogP contribution in [0.3, 0.4) is 0 Å². The molecule has 0 aromatic heterocycles. The van der Waals surface area contributed by atoms with E-state index in [9.17, 15) is 0 Å². The van der Waals surface area contributed by atoms with Crippen LogP contribution in [0.4, 0.5) is 0 Å². The maximum absolute atomic E-state index is 4.05. The average Bonchev–Trinajstić information content (AvgIpc) is 2.41. The first-order chi connectivity index (χ1) is 9.03. The van der Waals surface area contributed by atoms with Gasteiger partial charge in [0.15, 0.2) is 0 Å².